The summed E-state index contributed by atoms with van der Waals surface area (Å²) in [6.45, 7) is 0. The molecule has 0 fully saturated rings. The van der Waals surface area contributed by atoms with Gasteiger partial charge in [0.25, 0.3) is 0 Å². The molecule has 0 radical (unpaired) electrons. The number of allylic oxidation sites excluding steroid dienone is 1. The highest BCUT2D eigenvalue weighted by Crippen LogP contribution is 2.41. The van der Waals surface area contributed by atoms with Gasteiger partial charge in [-0.15, -0.1) is 0 Å². The highest BCUT2D eigenvalue weighted by Gasteiger charge is 2.32. The maximum absolute atomic E-state index is 14.4. The molecule has 0 aliphatic rings. The number of Topliss-reactive ketones (excluding diaryl/α,β-unsaturated/α-hetero) is 1. The van der Waals surface area contributed by atoms with Crippen molar-refractivity contribution < 1.29 is 36.8 Å². The first-order valence-electron chi connectivity index (χ1n) is 8.81. The molecule has 3 aromatic carbocycles. The minimum atomic E-state index is -2.41. The molecule has 5 nitrogen and oxygen atoms in total. The van der Waals surface area contributed by atoms with E-state index in [9.17, 15) is 42.0 Å². The quantitative estimate of drug-likeness (QED) is 0.0337. The number of ketones is 1. The van der Waals surface area contributed by atoms with Crippen molar-refractivity contribution in [3.8, 4) is 5.75 Å². The van der Waals surface area contributed by atoms with Crippen LogP contribution in [0.5, 0.6) is 5.75 Å². The van der Waals surface area contributed by atoms with Crippen LogP contribution in [-0.4, -0.2) is 15.8 Å². The second kappa shape index (κ2) is 10.4. The Morgan fingerprint density at radius 2 is 1.47 bits per heavy atom. The van der Waals surface area contributed by atoms with Gasteiger partial charge in [0.05, 0.1) is 9.83 Å². The number of hydrogen-bond acceptors (Lipinski definition) is 5. The van der Waals surface area contributed by atoms with Crippen LogP contribution in [0.25, 0.3) is 3.58 Å². The monoisotopic (exact) mass is 671 g/mol. The minimum absolute atomic E-state index is 0.0283. The lowest BCUT2D eigenvalue weighted by atomic mass is 10.1. The van der Waals surface area contributed by atoms with Crippen LogP contribution >= 0.6 is 50.3 Å². The van der Waals surface area contributed by atoms with Gasteiger partial charge in [-0.05, 0) is 64.6 Å². The van der Waals surface area contributed by atoms with E-state index in [0.717, 1.165) is 18.2 Å². The van der Waals surface area contributed by atoms with Crippen molar-refractivity contribution in [2.75, 3.05) is 0 Å². The second-order valence-corrected chi connectivity index (χ2v) is 9.51. The molecule has 0 heterocycles. The maximum Gasteiger partial charge on any atom is 0.310 e. The Hall–Kier alpha value is -2.52. The Balaban J connectivity index is 2.25. The van der Waals surface area contributed by atoms with E-state index >= 15 is 0 Å². The Kier molecular flexibility index (Phi) is 7.98. The van der Waals surface area contributed by atoms with E-state index in [0.29, 0.717) is 21.1 Å². The van der Waals surface area contributed by atoms with Gasteiger partial charge in [-0.3, -0.25) is 14.9 Å². The standard InChI is InChI=1S/C21H8BrF5INO4S/c22-9-2-4-10(5-3-9)34-21(19(28)8-1-6-11(29(32)33)12(30)7-8)20(31)13-14(23)16(25)18(27)17(26)15(13)24/h1-7,30H. The van der Waals surface area contributed by atoms with E-state index in [1.807, 2.05) is 0 Å². The predicted molar refractivity (Wildman–Crippen MR) is 126 cm³/mol. The number of benzene rings is 3. The fraction of sp³-hybridized carbons (Fsp3) is 0. The van der Waals surface area contributed by atoms with Crippen molar-refractivity contribution in [2.24, 2.45) is 0 Å². The predicted octanol–water partition coefficient (Wildman–Crippen LogP) is 7.54. The topological polar surface area (TPSA) is 80.4 Å². The summed E-state index contributed by atoms with van der Waals surface area (Å²) in [4.78, 5) is 23.2. The molecule has 13 heteroatoms. The number of nitro benzene ring substituents is 1. The molecule has 0 aliphatic heterocycles. The number of phenols is 1. The third-order valence-corrected chi connectivity index (χ3v) is 7.46. The summed E-state index contributed by atoms with van der Waals surface area (Å²) < 4.78 is 70.3. The average Bonchev–Trinajstić information content (AvgIpc) is 2.80. The summed E-state index contributed by atoms with van der Waals surface area (Å²) in [6, 6.07) is 9.27. The molecule has 1 N–H and O–H groups in total. The first-order chi connectivity index (χ1) is 15.9. The van der Waals surface area contributed by atoms with Crippen LogP contribution in [0.15, 0.2) is 56.7 Å². The van der Waals surface area contributed by atoms with E-state index in [2.05, 4.69) is 15.9 Å². The van der Waals surface area contributed by atoms with Gasteiger partial charge in [0, 0.05) is 19.0 Å². The highest BCUT2D eigenvalue weighted by molar-refractivity contribution is 14.1. The van der Waals surface area contributed by atoms with Crippen LogP contribution in [0.1, 0.15) is 15.9 Å². The van der Waals surface area contributed by atoms with E-state index < -0.39 is 61.7 Å². The summed E-state index contributed by atoms with van der Waals surface area (Å²) in [5.41, 5.74) is -2.27. The van der Waals surface area contributed by atoms with Crippen molar-refractivity contribution in [1.82, 2.24) is 0 Å². The molecule has 34 heavy (non-hydrogen) atoms. The first-order valence-corrected chi connectivity index (χ1v) is 11.5. The van der Waals surface area contributed by atoms with Crippen molar-refractivity contribution >= 4 is 65.3 Å². The van der Waals surface area contributed by atoms with Gasteiger partial charge in [-0.25, -0.2) is 22.0 Å². The number of carbonyl (C=O) groups excluding carboxylic acids is 1. The molecule has 0 spiro atoms. The number of phenolic OH excluding ortho intramolecular Hbond substituents is 1. The van der Waals surface area contributed by atoms with Gasteiger partial charge in [-0.2, -0.15) is 0 Å². The summed E-state index contributed by atoms with van der Waals surface area (Å²) in [6.07, 6.45) is 0. The van der Waals surface area contributed by atoms with Crippen molar-refractivity contribution in [3.05, 3.63) is 102 Å². The van der Waals surface area contributed by atoms with Crippen LogP contribution in [0.2, 0.25) is 0 Å². The van der Waals surface area contributed by atoms with Gasteiger partial charge in [-0.1, -0.05) is 27.7 Å². The zero-order valence-electron chi connectivity index (χ0n) is 16.2. The normalized spacial score (nSPS) is 11.9. The summed E-state index contributed by atoms with van der Waals surface area (Å²) >= 11 is 5.47. The van der Waals surface area contributed by atoms with E-state index in [-0.39, 0.29) is 9.14 Å². The number of hydrogen-bond donors (Lipinski definition) is 1. The van der Waals surface area contributed by atoms with E-state index in [1.54, 1.807) is 34.7 Å². The first kappa shape index (κ1) is 26.1. The summed E-state index contributed by atoms with van der Waals surface area (Å²) in [5, 5.41) is 20.9. The Morgan fingerprint density at radius 3 is 1.97 bits per heavy atom. The number of nitrogens with zero attached hydrogens (tertiary/aromatic N) is 1. The average molecular weight is 672 g/mol. The van der Waals surface area contributed by atoms with Gasteiger partial charge >= 0.3 is 5.69 Å². The molecule has 0 amide bonds. The molecule has 0 unspecified atom stereocenters. The minimum Gasteiger partial charge on any atom is -0.502 e. The Morgan fingerprint density at radius 1 is 0.941 bits per heavy atom. The molecule has 0 bridgehead atoms. The van der Waals surface area contributed by atoms with Gasteiger partial charge in [0.1, 0.15) is 5.56 Å². The molecule has 176 valence electrons. The number of carbonyl (C=O) groups is 1. The van der Waals surface area contributed by atoms with Crippen molar-refractivity contribution in [2.45, 2.75) is 4.90 Å². The zero-order chi connectivity index (χ0) is 25.3. The zero-order valence-corrected chi connectivity index (χ0v) is 20.8. The second-order valence-electron chi connectivity index (χ2n) is 6.43. The van der Waals surface area contributed by atoms with Crippen LogP contribution in [-0.2, 0) is 0 Å². The van der Waals surface area contributed by atoms with Crippen LogP contribution in [0.4, 0.5) is 27.6 Å². The molecule has 0 saturated carbocycles. The van der Waals surface area contributed by atoms with E-state index in [4.69, 9.17) is 0 Å². The number of nitro groups is 1. The molecule has 3 rings (SSSR count). The van der Waals surface area contributed by atoms with Crippen LogP contribution in [0.3, 0.4) is 0 Å². The molecular formula is C21H8BrF5INO4S. The molecule has 0 aromatic heterocycles. The molecule has 0 atom stereocenters. The highest BCUT2D eigenvalue weighted by atomic mass is 127. The SMILES string of the molecule is O=C(C(Sc1ccc(Br)cc1)=C(I)c1ccc([N+](=O)[O-])c(O)c1)c1c(F)c(F)c(F)c(F)c1F. The fourth-order valence-corrected chi connectivity index (χ4v) is 4.76. The van der Waals surface area contributed by atoms with Gasteiger partial charge < -0.3 is 5.11 Å². The Labute approximate surface area is 214 Å². The maximum atomic E-state index is 14.4. The van der Waals surface area contributed by atoms with Crippen LogP contribution < -0.4 is 0 Å². The van der Waals surface area contributed by atoms with Crippen LogP contribution in [0, 0.1) is 39.2 Å². The lowest BCUT2D eigenvalue weighted by Gasteiger charge is -2.13. The van der Waals surface area contributed by atoms with Gasteiger partial charge in [0.2, 0.25) is 11.6 Å². The number of halogens is 7. The van der Waals surface area contributed by atoms with E-state index in [1.165, 1.54) is 12.1 Å². The third kappa shape index (κ3) is 5.10. The van der Waals surface area contributed by atoms with Gasteiger partial charge in [0.15, 0.2) is 29.0 Å². The lowest BCUT2D eigenvalue weighted by molar-refractivity contribution is -0.385. The van der Waals surface area contributed by atoms with Crippen molar-refractivity contribution in [1.29, 1.82) is 0 Å². The number of thioether (sulfide) groups is 1. The molecule has 0 aliphatic carbocycles. The fourth-order valence-electron chi connectivity index (χ4n) is 2.67. The summed E-state index contributed by atoms with van der Waals surface area (Å²) in [5.74, 6) is -13.8. The number of rotatable bonds is 6. The molecule has 3 aromatic rings. The summed E-state index contributed by atoms with van der Waals surface area (Å²) in [7, 11) is 0. The smallest absolute Gasteiger partial charge is 0.310 e. The largest absolute Gasteiger partial charge is 0.502 e. The number of aromatic hydroxyl groups is 1. The Bertz CT molecular complexity index is 1340. The third-order valence-electron chi connectivity index (χ3n) is 4.30. The lowest BCUT2D eigenvalue weighted by Crippen LogP contribution is -2.14. The van der Waals surface area contributed by atoms with Crippen molar-refractivity contribution in [3.63, 3.8) is 0 Å². The molecule has 0 saturated heterocycles. The molecular weight excluding hydrogens is 664 g/mol.